The van der Waals surface area contributed by atoms with Crippen molar-refractivity contribution in [2.45, 2.75) is 20.3 Å². The van der Waals surface area contributed by atoms with Crippen LogP contribution in [0.1, 0.15) is 20.3 Å². The summed E-state index contributed by atoms with van der Waals surface area (Å²) >= 11 is 0. The van der Waals surface area contributed by atoms with Gasteiger partial charge in [0, 0.05) is 18.1 Å². The molecule has 0 bridgehead atoms. The summed E-state index contributed by atoms with van der Waals surface area (Å²) in [4.78, 5) is 21.5. The zero-order chi connectivity index (χ0) is 13.7. The Balaban J connectivity index is 2.81. The predicted molar refractivity (Wildman–Crippen MR) is 63.0 cm³/mol. The molecule has 1 rings (SSSR count). The third-order valence-electron chi connectivity index (χ3n) is 2.65. The SMILES string of the molecule is CCC(C)C(=O)COc1cc(F)ccc1[N+](=O)[O-]. The van der Waals surface area contributed by atoms with E-state index in [0.717, 1.165) is 18.2 Å². The monoisotopic (exact) mass is 255 g/mol. The Morgan fingerprint density at radius 1 is 1.56 bits per heavy atom. The molecule has 0 aromatic heterocycles. The van der Waals surface area contributed by atoms with E-state index in [4.69, 9.17) is 4.74 Å². The maximum atomic E-state index is 13.0. The Labute approximate surface area is 104 Å². The van der Waals surface area contributed by atoms with E-state index in [9.17, 15) is 19.3 Å². The van der Waals surface area contributed by atoms with E-state index in [0.29, 0.717) is 6.42 Å². The number of benzene rings is 1. The van der Waals surface area contributed by atoms with Crippen LogP contribution in [0.2, 0.25) is 0 Å². The number of nitrogens with zero attached hydrogens (tertiary/aromatic N) is 1. The lowest BCUT2D eigenvalue weighted by molar-refractivity contribution is -0.385. The summed E-state index contributed by atoms with van der Waals surface area (Å²) in [6.45, 7) is 3.30. The minimum absolute atomic E-state index is 0.170. The van der Waals surface area contributed by atoms with Crippen LogP contribution in [0.25, 0.3) is 0 Å². The first-order chi connectivity index (χ1) is 8.45. The smallest absolute Gasteiger partial charge is 0.311 e. The van der Waals surface area contributed by atoms with Gasteiger partial charge in [-0.15, -0.1) is 0 Å². The number of ketones is 1. The number of nitro benzene ring substituents is 1. The average molecular weight is 255 g/mol. The van der Waals surface area contributed by atoms with Crippen molar-refractivity contribution in [3.63, 3.8) is 0 Å². The standard InChI is InChI=1S/C12H14FNO4/c1-3-8(2)11(15)7-18-12-6-9(13)4-5-10(12)14(16)17/h4-6,8H,3,7H2,1-2H3. The van der Waals surface area contributed by atoms with E-state index in [-0.39, 0.29) is 29.7 Å². The van der Waals surface area contributed by atoms with E-state index in [1.165, 1.54) is 0 Å². The summed E-state index contributed by atoms with van der Waals surface area (Å²) in [6.07, 6.45) is 0.660. The van der Waals surface area contributed by atoms with Gasteiger partial charge >= 0.3 is 5.69 Å². The van der Waals surface area contributed by atoms with Crippen molar-refractivity contribution in [2.75, 3.05) is 6.61 Å². The molecule has 0 heterocycles. The molecule has 18 heavy (non-hydrogen) atoms. The molecule has 0 N–H and O–H groups in total. The molecule has 5 nitrogen and oxygen atoms in total. The molecule has 0 saturated heterocycles. The summed E-state index contributed by atoms with van der Waals surface area (Å²) in [5.74, 6) is -1.23. The van der Waals surface area contributed by atoms with Crippen LogP contribution in [-0.4, -0.2) is 17.3 Å². The van der Waals surface area contributed by atoms with Gasteiger partial charge in [-0.2, -0.15) is 0 Å². The van der Waals surface area contributed by atoms with Gasteiger partial charge in [-0.3, -0.25) is 14.9 Å². The molecule has 0 spiro atoms. The fourth-order valence-corrected chi connectivity index (χ4v) is 1.27. The van der Waals surface area contributed by atoms with Crippen molar-refractivity contribution in [1.82, 2.24) is 0 Å². The topological polar surface area (TPSA) is 69.4 Å². The first-order valence-corrected chi connectivity index (χ1v) is 5.55. The largest absolute Gasteiger partial charge is 0.479 e. The molecule has 1 atom stereocenters. The van der Waals surface area contributed by atoms with Gasteiger partial charge in [0.15, 0.2) is 11.5 Å². The molecule has 0 fully saturated rings. The van der Waals surface area contributed by atoms with Crippen LogP contribution < -0.4 is 4.74 Å². The van der Waals surface area contributed by atoms with Crippen LogP contribution in [0.5, 0.6) is 5.75 Å². The summed E-state index contributed by atoms with van der Waals surface area (Å²) in [6, 6.07) is 2.89. The number of hydrogen-bond donors (Lipinski definition) is 0. The fraction of sp³-hybridized carbons (Fsp3) is 0.417. The summed E-state index contributed by atoms with van der Waals surface area (Å²) in [7, 11) is 0. The highest BCUT2D eigenvalue weighted by molar-refractivity contribution is 5.82. The molecule has 0 amide bonds. The number of halogens is 1. The molecule has 0 saturated carbocycles. The Bertz CT molecular complexity index is 461. The molecule has 1 aromatic carbocycles. The molecular weight excluding hydrogens is 241 g/mol. The van der Waals surface area contributed by atoms with E-state index < -0.39 is 10.7 Å². The van der Waals surface area contributed by atoms with E-state index >= 15 is 0 Å². The lowest BCUT2D eigenvalue weighted by Crippen LogP contribution is -2.19. The fourth-order valence-electron chi connectivity index (χ4n) is 1.27. The van der Waals surface area contributed by atoms with Crippen molar-refractivity contribution in [1.29, 1.82) is 0 Å². The van der Waals surface area contributed by atoms with E-state index in [1.54, 1.807) is 6.92 Å². The van der Waals surface area contributed by atoms with Crippen molar-refractivity contribution in [3.8, 4) is 5.75 Å². The number of carbonyl (C=O) groups excluding carboxylic acids is 1. The third kappa shape index (κ3) is 3.51. The third-order valence-corrected chi connectivity index (χ3v) is 2.65. The molecule has 0 radical (unpaired) electrons. The van der Waals surface area contributed by atoms with Crippen LogP contribution in [-0.2, 0) is 4.79 Å². The summed E-state index contributed by atoms with van der Waals surface area (Å²) < 4.78 is 18.0. The second kappa shape index (κ2) is 6.09. The molecule has 0 aliphatic heterocycles. The molecule has 6 heteroatoms. The number of hydrogen-bond acceptors (Lipinski definition) is 4. The number of Topliss-reactive ketones (excluding diaryl/α,β-unsaturated/α-hetero) is 1. The zero-order valence-electron chi connectivity index (χ0n) is 10.2. The molecule has 1 aromatic rings. The number of ether oxygens (including phenoxy) is 1. The highest BCUT2D eigenvalue weighted by Crippen LogP contribution is 2.27. The lowest BCUT2D eigenvalue weighted by Gasteiger charge is -2.09. The van der Waals surface area contributed by atoms with Gasteiger partial charge in [0.1, 0.15) is 12.4 Å². The van der Waals surface area contributed by atoms with Crippen LogP contribution in [0.4, 0.5) is 10.1 Å². The Morgan fingerprint density at radius 3 is 2.78 bits per heavy atom. The van der Waals surface area contributed by atoms with Crippen molar-refractivity contribution >= 4 is 11.5 Å². The van der Waals surface area contributed by atoms with Gasteiger partial charge in [-0.25, -0.2) is 4.39 Å². The van der Waals surface area contributed by atoms with Gasteiger partial charge in [-0.05, 0) is 12.5 Å². The maximum Gasteiger partial charge on any atom is 0.311 e. The Hall–Kier alpha value is -1.98. The van der Waals surface area contributed by atoms with Crippen LogP contribution in [0.3, 0.4) is 0 Å². The first kappa shape index (κ1) is 14.1. The molecule has 0 aliphatic carbocycles. The van der Waals surface area contributed by atoms with Gasteiger partial charge in [0.2, 0.25) is 0 Å². The summed E-state index contributed by atoms with van der Waals surface area (Å²) in [5, 5.41) is 10.7. The van der Waals surface area contributed by atoms with Gasteiger partial charge in [-0.1, -0.05) is 13.8 Å². The van der Waals surface area contributed by atoms with Crippen molar-refractivity contribution in [3.05, 3.63) is 34.1 Å². The first-order valence-electron chi connectivity index (χ1n) is 5.55. The number of rotatable bonds is 6. The minimum Gasteiger partial charge on any atom is -0.479 e. The second-order valence-corrected chi connectivity index (χ2v) is 3.93. The lowest BCUT2D eigenvalue weighted by atomic mass is 10.0. The van der Waals surface area contributed by atoms with Crippen LogP contribution in [0, 0.1) is 21.8 Å². The second-order valence-electron chi connectivity index (χ2n) is 3.93. The molecular formula is C12H14FNO4. The Morgan fingerprint density at radius 2 is 2.22 bits per heavy atom. The van der Waals surface area contributed by atoms with Gasteiger partial charge in [0.25, 0.3) is 0 Å². The van der Waals surface area contributed by atoms with E-state index in [2.05, 4.69) is 0 Å². The molecule has 0 aliphatic rings. The van der Waals surface area contributed by atoms with Crippen molar-refractivity contribution < 1.29 is 18.8 Å². The highest BCUT2D eigenvalue weighted by atomic mass is 19.1. The number of nitro groups is 1. The highest BCUT2D eigenvalue weighted by Gasteiger charge is 2.18. The predicted octanol–water partition coefficient (Wildman–Crippen LogP) is 2.73. The van der Waals surface area contributed by atoms with Crippen LogP contribution >= 0.6 is 0 Å². The van der Waals surface area contributed by atoms with Crippen molar-refractivity contribution in [2.24, 2.45) is 5.92 Å². The quantitative estimate of drug-likeness (QED) is 0.579. The van der Waals surface area contributed by atoms with Gasteiger partial charge < -0.3 is 4.74 Å². The van der Waals surface area contributed by atoms with E-state index in [1.807, 2.05) is 6.92 Å². The van der Waals surface area contributed by atoms with Gasteiger partial charge in [0.05, 0.1) is 4.92 Å². The summed E-state index contributed by atoms with van der Waals surface area (Å²) in [5.41, 5.74) is -0.353. The molecule has 98 valence electrons. The van der Waals surface area contributed by atoms with Crippen LogP contribution in [0.15, 0.2) is 18.2 Å². The maximum absolute atomic E-state index is 13.0. The zero-order valence-corrected chi connectivity index (χ0v) is 10.2. The Kier molecular flexibility index (Phi) is 4.76. The average Bonchev–Trinajstić information content (AvgIpc) is 2.34. The number of carbonyl (C=O) groups is 1. The minimum atomic E-state index is -0.678. The normalized spacial score (nSPS) is 11.9. The molecule has 1 unspecified atom stereocenters.